The van der Waals surface area contributed by atoms with E-state index in [2.05, 4.69) is 29.1 Å². The molecule has 14 heavy (non-hydrogen) atoms. The Morgan fingerprint density at radius 2 is 2.21 bits per heavy atom. The highest BCUT2D eigenvalue weighted by Gasteiger charge is 2.38. The molecule has 1 aliphatic rings. The van der Waals surface area contributed by atoms with Gasteiger partial charge >= 0.3 is 0 Å². The van der Waals surface area contributed by atoms with Crippen LogP contribution in [0.4, 0.5) is 11.8 Å². The Kier molecular flexibility index (Phi) is 2.06. The molecule has 0 radical (unpaired) electrons. The van der Waals surface area contributed by atoms with Crippen LogP contribution in [0.2, 0.25) is 0 Å². The van der Waals surface area contributed by atoms with Crippen molar-refractivity contribution >= 4 is 11.8 Å². The van der Waals surface area contributed by atoms with E-state index in [4.69, 9.17) is 5.73 Å². The first-order chi connectivity index (χ1) is 6.58. The molecule has 1 saturated carbocycles. The molecule has 0 bridgehead atoms. The summed E-state index contributed by atoms with van der Waals surface area (Å²) in [6.45, 7) is 4.36. The van der Waals surface area contributed by atoms with Gasteiger partial charge in [0, 0.05) is 11.7 Å². The average Bonchev–Trinajstić information content (AvgIpc) is 2.84. The van der Waals surface area contributed by atoms with E-state index in [-0.39, 0.29) is 5.54 Å². The number of rotatable bonds is 3. The second kappa shape index (κ2) is 3.12. The third-order valence-electron chi connectivity index (χ3n) is 2.71. The molecule has 3 N–H and O–H groups in total. The van der Waals surface area contributed by atoms with Crippen LogP contribution in [0.5, 0.6) is 0 Å². The topological polar surface area (TPSA) is 63.8 Å². The highest BCUT2D eigenvalue weighted by Crippen LogP contribution is 2.40. The molecule has 1 aliphatic carbocycles. The lowest BCUT2D eigenvalue weighted by molar-refractivity contribution is 0.490. The largest absolute Gasteiger partial charge is 0.384 e. The van der Waals surface area contributed by atoms with E-state index >= 15 is 0 Å². The van der Waals surface area contributed by atoms with Crippen molar-refractivity contribution in [2.45, 2.75) is 32.2 Å². The van der Waals surface area contributed by atoms with Crippen molar-refractivity contribution in [1.29, 1.82) is 0 Å². The summed E-state index contributed by atoms with van der Waals surface area (Å²) >= 11 is 0. The van der Waals surface area contributed by atoms with Crippen molar-refractivity contribution in [3.8, 4) is 0 Å². The van der Waals surface area contributed by atoms with Crippen molar-refractivity contribution in [2.75, 3.05) is 11.1 Å². The smallest absolute Gasteiger partial charge is 0.225 e. The van der Waals surface area contributed by atoms with Crippen molar-refractivity contribution < 1.29 is 0 Å². The van der Waals surface area contributed by atoms with Gasteiger partial charge in [0.25, 0.3) is 0 Å². The SMILES string of the molecule is CC(C)(Nc1nccc(N)n1)C1CC1. The van der Waals surface area contributed by atoms with Crippen molar-refractivity contribution in [2.24, 2.45) is 5.92 Å². The average molecular weight is 192 g/mol. The number of hydrogen-bond acceptors (Lipinski definition) is 4. The Morgan fingerprint density at radius 3 is 2.79 bits per heavy atom. The lowest BCUT2D eigenvalue weighted by Crippen LogP contribution is -2.34. The summed E-state index contributed by atoms with van der Waals surface area (Å²) in [4.78, 5) is 8.26. The Labute approximate surface area is 83.9 Å². The van der Waals surface area contributed by atoms with Gasteiger partial charge in [-0.05, 0) is 38.7 Å². The van der Waals surface area contributed by atoms with Gasteiger partial charge in [0.05, 0.1) is 0 Å². The maximum Gasteiger partial charge on any atom is 0.225 e. The first kappa shape index (κ1) is 9.24. The predicted octanol–water partition coefficient (Wildman–Crippen LogP) is 1.66. The molecular formula is C10H16N4. The first-order valence-corrected chi connectivity index (χ1v) is 4.94. The van der Waals surface area contributed by atoms with Gasteiger partial charge in [-0.1, -0.05) is 0 Å². The Bertz CT molecular complexity index is 331. The molecule has 1 heterocycles. The summed E-state index contributed by atoms with van der Waals surface area (Å²) < 4.78 is 0. The summed E-state index contributed by atoms with van der Waals surface area (Å²) in [5.41, 5.74) is 5.66. The van der Waals surface area contributed by atoms with E-state index < -0.39 is 0 Å². The number of nitrogens with zero attached hydrogens (tertiary/aromatic N) is 2. The third kappa shape index (κ3) is 1.95. The molecule has 0 amide bonds. The maximum absolute atomic E-state index is 5.58. The van der Waals surface area contributed by atoms with E-state index in [0.29, 0.717) is 11.8 Å². The molecular weight excluding hydrogens is 176 g/mol. The summed E-state index contributed by atoms with van der Waals surface area (Å²) in [6.07, 6.45) is 4.26. The van der Waals surface area contributed by atoms with Gasteiger partial charge in [-0.15, -0.1) is 0 Å². The van der Waals surface area contributed by atoms with Crippen LogP contribution in [-0.2, 0) is 0 Å². The van der Waals surface area contributed by atoms with Crippen LogP contribution in [0.25, 0.3) is 0 Å². The molecule has 1 aromatic rings. The quantitative estimate of drug-likeness (QED) is 0.764. The van der Waals surface area contributed by atoms with Crippen LogP contribution in [0.3, 0.4) is 0 Å². The normalized spacial score (nSPS) is 16.7. The van der Waals surface area contributed by atoms with Crippen LogP contribution >= 0.6 is 0 Å². The van der Waals surface area contributed by atoms with Gasteiger partial charge in [-0.2, -0.15) is 4.98 Å². The van der Waals surface area contributed by atoms with Gasteiger partial charge in [0.15, 0.2) is 0 Å². The fourth-order valence-corrected chi connectivity index (χ4v) is 1.63. The zero-order valence-electron chi connectivity index (χ0n) is 8.62. The van der Waals surface area contributed by atoms with Crippen molar-refractivity contribution in [1.82, 2.24) is 9.97 Å². The number of hydrogen-bond donors (Lipinski definition) is 2. The van der Waals surface area contributed by atoms with Crippen LogP contribution < -0.4 is 11.1 Å². The van der Waals surface area contributed by atoms with E-state index in [9.17, 15) is 0 Å². The summed E-state index contributed by atoms with van der Waals surface area (Å²) in [7, 11) is 0. The monoisotopic (exact) mass is 192 g/mol. The highest BCUT2D eigenvalue weighted by atomic mass is 15.2. The van der Waals surface area contributed by atoms with Crippen LogP contribution in [0, 0.1) is 5.92 Å². The minimum Gasteiger partial charge on any atom is -0.384 e. The van der Waals surface area contributed by atoms with Gasteiger partial charge in [-0.3, -0.25) is 0 Å². The second-order valence-corrected chi connectivity index (χ2v) is 4.43. The molecule has 0 saturated heterocycles. The van der Waals surface area contributed by atoms with E-state index in [0.717, 1.165) is 5.92 Å². The number of nitrogens with two attached hydrogens (primary N) is 1. The summed E-state index contributed by atoms with van der Waals surface area (Å²) in [5.74, 6) is 1.88. The maximum atomic E-state index is 5.58. The van der Waals surface area contributed by atoms with E-state index in [1.165, 1.54) is 12.8 Å². The van der Waals surface area contributed by atoms with Gasteiger partial charge < -0.3 is 11.1 Å². The number of anilines is 2. The molecule has 0 aromatic carbocycles. The minimum atomic E-state index is 0.0772. The molecule has 0 unspecified atom stereocenters. The third-order valence-corrected chi connectivity index (χ3v) is 2.71. The zero-order chi connectivity index (χ0) is 10.2. The number of nitrogen functional groups attached to an aromatic ring is 1. The standard InChI is InChI=1S/C10H16N4/c1-10(2,7-3-4-7)14-9-12-6-5-8(11)13-9/h5-7H,3-4H2,1-2H3,(H3,11,12,13,14). The lowest BCUT2D eigenvalue weighted by atomic mass is 9.99. The van der Waals surface area contributed by atoms with E-state index in [1.807, 2.05) is 0 Å². The van der Waals surface area contributed by atoms with Gasteiger partial charge in [0.1, 0.15) is 5.82 Å². The van der Waals surface area contributed by atoms with Crippen molar-refractivity contribution in [3.05, 3.63) is 12.3 Å². The zero-order valence-corrected chi connectivity index (χ0v) is 8.62. The fraction of sp³-hybridized carbons (Fsp3) is 0.600. The lowest BCUT2D eigenvalue weighted by Gasteiger charge is -2.25. The Hall–Kier alpha value is -1.32. The van der Waals surface area contributed by atoms with Crippen molar-refractivity contribution in [3.63, 3.8) is 0 Å². The van der Waals surface area contributed by atoms with Crippen LogP contribution in [-0.4, -0.2) is 15.5 Å². The van der Waals surface area contributed by atoms with Crippen LogP contribution in [0.1, 0.15) is 26.7 Å². The molecule has 1 aromatic heterocycles. The second-order valence-electron chi connectivity index (χ2n) is 4.43. The molecule has 76 valence electrons. The summed E-state index contributed by atoms with van der Waals surface area (Å²) in [6, 6.07) is 1.69. The first-order valence-electron chi connectivity index (χ1n) is 4.94. The molecule has 1 fully saturated rings. The van der Waals surface area contributed by atoms with Crippen LogP contribution in [0.15, 0.2) is 12.3 Å². The minimum absolute atomic E-state index is 0.0772. The number of nitrogens with one attached hydrogen (secondary N) is 1. The fourth-order valence-electron chi connectivity index (χ4n) is 1.63. The predicted molar refractivity (Wildman–Crippen MR) is 56.9 cm³/mol. The molecule has 4 nitrogen and oxygen atoms in total. The molecule has 4 heteroatoms. The van der Waals surface area contributed by atoms with E-state index in [1.54, 1.807) is 12.3 Å². The molecule has 0 aliphatic heterocycles. The number of aromatic nitrogens is 2. The summed E-state index contributed by atoms with van der Waals surface area (Å²) in [5, 5.41) is 3.32. The van der Waals surface area contributed by atoms with Gasteiger partial charge in [-0.25, -0.2) is 4.98 Å². The molecule has 2 rings (SSSR count). The molecule has 0 spiro atoms. The van der Waals surface area contributed by atoms with Gasteiger partial charge in [0.2, 0.25) is 5.95 Å². The Morgan fingerprint density at radius 1 is 1.50 bits per heavy atom. The highest BCUT2D eigenvalue weighted by molar-refractivity contribution is 5.37. The molecule has 0 atom stereocenters. The Balaban J connectivity index is 2.09.